The van der Waals surface area contributed by atoms with E-state index in [1.807, 2.05) is 13.8 Å². The number of ether oxygens (including phenoxy) is 1. The number of carbonyl (C=O) groups excluding carboxylic acids is 1. The fourth-order valence-electron chi connectivity index (χ4n) is 1.90. The predicted octanol–water partition coefficient (Wildman–Crippen LogP) is 6.14. The molecule has 1 unspecified atom stereocenters. The van der Waals surface area contributed by atoms with Crippen molar-refractivity contribution in [2.75, 3.05) is 0 Å². The van der Waals surface area contributed by atoms with E-state index in [0.29, 0.717) is 4.47 Å². The minimum Gasteiger partial charge on any atom is -0.458 e. The molecule has 0 heterocycles. The molecule has 0 radical (unpaired) electrons. The number of carbonyl (C=O) groups is 1. The van der Waals surface area contributed by atoms with Crippen LogP contribution < -0.4 is 0 Å². The van der Waals surface area contributed by atoms with Crippen LogP contribution in [-0.2, 0) is 9.53 Å². The summed E-state index contributed by atoms with van der Waals surface area (Å²) in [5, 5.41) is 0. The lowest BCUT2D eigenvalue weighted by atomic mass is 10.0. The number of hydrogen-bond acceptors (Lipinski definition) is 3. The molecule has 25 heavy (non-hydrogen) atoms. The van der Waals surface area contributed by atoms with E-state index in [1.54, 1.807) is 51.3 Å². The van der Waals surface area contributed by atoms with Gasteiger partial charge in [-0.1, -0.05) is 49.0 Å². The van der Waals surface area contributed by atoms with Crippen LogP contribution in [-0.4, -0.2) is 16.5 Å². The Labute approximate surface area is 159 Å². The fraction of sp³-hybridized carbons (Fsp3) is 0.350. The van der Waals surface area contributed by atoms with Crippen LogP contribution in [0.1, 0.15) is 46.2 Å². The van der Waals surface area contributed by atoms with Gasteiger partial charge in [-0.25, -0.2) is 9.18 Å². The Balaban J connectivity index is 0.00000277. The predicted molar refractivity (Wildman–Crippen MR) is 105 cm³/mol. The van der Waals surface area contributed by atoms with Gasteiger partial charge >= 0.3 is 5.97 Å². The zero-order valence-corrected chi connectivity index (χ0v) is 17.1. The highest BCUT2D eigenvalue weighted by Crippen LogP contribution is 2.29. The maximum absolute atomic E-state index is 14.3. The quantitative estimate of drug-likeness (QED) is 0.415. The molecule has 0 aliphatic rings. The van der Waals surface area contributed by atoms with E-state index < -0.39 is 23.4 Å². The van der Waals surface area contributed by atoms with Gasteiger partial charge in [0.2, 0.25) is 0 Å². The zero-order chi connectivity index (χ0) is 19.6. The SMILES string of the molecule is C=C/C=C\N(C=C)C(C(=O)OC(C)(C)C)c1cc(Br)ccc1F.CC. The lowest BCUT2D eigenvalue weighted by molar-refractivity contribution is -0.160. The molecular formula is C20H27BrFNO2. The average Bonchev–Trinajstić information content (AvgIpc) is 2.54. The molecule has 0 bridgehead atoms. The van der Waals surface area contributed by atoms with Gasteiger partial charge in [-0.3, -0.25) is 0 Å². The third-order valence-corrected chi connectivity index (χ3v) is 3.28. The molecule has 0 aliphatic heterocycles. The highest BCUT2D eigenvalue weighted by atomic mass is 79.9. The number of benzene rings is 1. The van der Waals surface area contributed by atoms with Crippen molar-refractivity contribution in [3.8, 4) is 0 Å². The lowest BCUT2D eigenvalue weighted by Crippen LogP contribution is -2.34. The third-order valence-electron chi connectivity index (χ3n) is 2.79. The summed E-state index contributed by atoms with van der Waals surface area (Å²) in [6.45, 7) is 16.6. The molecule has 0 N–H and O–H groups in total. The van der Waals surface area contributed by atoms with E-state index in [4.69, 9.17) is 4.74 Å². The molecule has 0 amide bonds. The third kappa shape index (κ3) is 7.69. The first kappa shape index (κ1) is 23.1. The van der Waals surface area contributed by atoms with Crippen LogP contribution in [0.4, 0.5) is 4.39 Å². The Hall–Kier alpha value is -1.88. The second-order valence-electron chi connectivity index (χ2n) is 5.81. The summed E-state index contributed by atoms with van der Waals surface area (Å²) in [6.07, 6.45) is 6.22. The van der Waals surface area contributed by atoms with Gasteiger partial charge in [-0.15, -0.1) is 0 Å². The Bertz CT molecular complexity index is 621. The van der Waals surface area contributed by atoms with E-state index in [1.165, 1.54) is 17.2 Å². The minimum absolute atomic E-state index is 0.197. The molecule has 5 heteroatoms. The summed E-state index contributed by atoms with van der Waals surface area (Å²) in [5.74, 6) is -1.06. The second kappa shape index (κ2) is 10.9. The summed E-state index contributed by atoms with van der Waals surface area (Å²) in [4.78, 5) is 14.1. The van der Waals surface area contributed by atoms with E-state index in [-0.39, 0.29) is 5.56 Å². The van der Waals surface area contributed by atoms with Crippen LogP contribution in [0.5, 0.6) is 0 Å². The van der Waals surface area contributed by atoms with Crippen LogP contribution in [0.3, 0.4) is 0 Å². The maximum Gasteiger partial charge on any atom is 0.334 e. The van der Waals surface area contributed by atoms with Gasteiger partial charge in [0, 0.05) is 16.2 Å². The standard InChI is InChI=1S/C18H21BrFNO2.C2H6/c1-6-8-11-21(7-2)16(17(22)23-18(3,4)5)14-12-13(19)9-10-15(14)20;1-2/h6-12,16H,1-2H2,3-5H3;1-2H3/b11-8-;. The van der Waals surface area contributed by atoms with Gasteiger partial charge in [0.1, 0.15) is 11.4 Å². The monoisotopic (exact) mass is 411 g/mol. The van der Waals surface area contributed by atoms with Gasteiger partial charge in [0.15, 0.2) is 6.04 Å². The lowest BCUT2D eigenvalue weighted by Gasteiger charge is -2.30. The molecule has 1 aromatic carbocycles. The molecule has 1 rings (SSSR count). The molecule has 1 atom stereocenters. The Kier molecular flexibility index (Phi) is 10.1. The van der Waals surface area contributed by atoms with Crippen LogP contribution in [0.2, 0.25) is 0 Å². The van der Waals surface area contributed by atoms with Crippen molar-refractivity contribution < 1.29 is 13.9 Å². The molecule has 0 fully saturated rings. The number of esters is 1. The van der Waals surface area contributed by atoms with E-state index in [9.17, 15) is 9.18 Å². The molecule has 0 saturated carbocycles. The molecule has 1 aromatic rings. The number of nitrogens with zero attached hydrogens (tertiary/aromatic N) is 1. The van der Waals surface area contributed by atoms with E-state index in [2.05, 4.69) is 29.1 Å². The van der Waals surface area contributed by atoms with Crippen molar-refractivity contribution in [1.29, 1.82) is 0 Å². The van der Waals surface area contributed by atoms with Gasteiger partial charge < -0.3 is 9.64 Å². The number of rotatable bonds is 6. The summed E-state index contributed by atoms with van der Waals surface area (Å²) in [6, 6.07) is 3.45. The van der Waals surface area contributed by atoms with Gasteiger partial charge in [0.05, 0.1) is 0 Å². The Morgan fingerprint density at radius 1 is 1.32 bits per heavy atom. The smallest absolute Gasteiger partial charge is 0.334 e. The molecule has 0 spiro atoms. The molecule has 138 valence electrons. The van der Waals surface area contributed by atoms with Crippen molar-refractivity contribution in [1.82, 2.24) is 4.90 Å². The van der Waals surface area contributed by atoms with Crippen molar-refractivity contribution in [3.05, 3.63) is 71.8 Å². The summed E-state index contributed by atoms with van der Waals surface area (Å²) in [7, 11) is 0. The van der Waals surface area contributed by atoms with Gasteiger partial charge in [-0.2, -0.15) is 0 Å². The topological polar surface area (TPSA) is 29.5 Å². The van der Waals surface area contributed by atoms with Crippen LogP contribution >= 0.6 is 15.9 Å². The molecule has 0 aromatic heterocycles. The van der Waals surface area contributed by atoms with Crippen LogP contribution in [0.25, 0.3) is 0 Å². The average molecular weight is 412 g/mol. The second-order valence-corrected chi connectivity index (χ2v) is 6.72. The van der Waals surface area contributed by atoms with Crippen molar-refractivity contribution in [2.45, 2.75) is 46.3 Å². The summed E-state index contributed by atoms with van der Waals surface area (Å²) < 4.78 is 20.4. The summed E-state index contributed by atoms with van der Waals surface area (Å²) in [5.41, 5.74) is -0.491. The van der Waals surface area contributed by atoms with Gasteiger partial charge in [-0.05, 0) is 51.2 Å². The maximum atomic E-state index is 14.3. The fourth-order valence-corrected chi connectivity index (χ4v) is 2.28. The van der Waals surface area contributed by atoms with Crippen LogP contribution in [0.15, 0.2) is 60.4 Å². The first-order valence-electron chi connectivity index (χ1n) is 8.06. The highest BCUT2D eigenvalue weighted by Gasteiger charge is 2.31. The number of hydrogen-bond donors (Lipinski definition) is 0. The highest BCUT2D eigenvalue weighted by molar-refractivity contribution is 9.10. The van der Waals surface area contributed by atoms with Gasteiger partial charge in [0.25, 0.3) is 0 Å². The molecule has 0 saturated heterocycles. The number of allylic oxidation sites excluding steroid dienone is 2. The Morgan fingerprint density at radius 3 is 2.40 bits per heavy atom. The largest absolute Gasteiger partial charge is 0.458 e. The molecule has 3 nitrogen and oxygen atoms in total. The minimum atomic E-state index is -0.986. The van der Waals surface area contributed by atoms with Crippen molar-refractivity contribution in [3.63, 3.8) is 0 Å². The first-order chi connectivity index (χ1) is 11.7. The normalized spacial score (nSPS) is 12.0. The van der Waals surface area contributed by atoms with E-state index in [0.717, 1.165) is 0 Å². The molecule has 0 aliphatic carbocycles. The first-order valence-corrected chi connectivity index (χ1v) is 8.86. The number of halogens is 2. The van der Waals surface area contributed by atoms with E-state index >= 15 is 0 Å². The summed E-state index contributed by atoms with van der Waals surface area (Å²) >= 11 is 3.30. The molecular weight excluding hydrogens is 385 g/mol. The van der Waals surface area contributed by atoms with Crippen LogP contribution in [0, 0.1) is 5.82 Å². The zero-order valence-electron chi connectivity index (χ0n) is 15.6. The van der Waals surface area contributed by atoms with Crippen molar-refractivity contribution >= 4 is 21.9 Å². The van der Waals surface area contributed by atoms with Crippen molar-refractivity contribution in [2.24, 2.45) is 0 Å². The Morgan fingerprint density at radius 2 is 1.92 bits per heavy atom.